The van der Waals surface area contributed by atoms with Crippen molar-refractivity contribution in [2.75, 3.05) is 26.3 Å². The smallest absolute Gasteiger partial charge is 0.0478 e. The molecule has 0 atom stereocenters. The van der Waals surface area contributed by atoms with Gasteiger partial charge in [0.25, 0.3) is 0 Å². The van der Waals surface area contributed by atoms with Crippen LogP contribution in [0.15, 0.2) is 0 Å². The fourth-order valence-corrected chi connectivity index (χ4v) is 0.826. The highest BCUT2D eigenvalue weighted by Crippen LogP contribution is 1.88. The van der Waals surface area contributed by atoms with Crippen molar-refractivity contribution in [1.29, 1.82) is 0 Å². The number of hydrogen-bond acceptors (Lipinski definition) is 2. The summed E-state index contributed by atoms with van der Waals surface area (Å²) in [5.74, 6) is 0. The summed E-state index contributed by atoms with van der Waals surface area (Å²) in [6, 6.07) is 0. The Kier molecular flexibility index (Phi) is 6.48. The van der Waals surface area contributed by atoms with E-state index in [1.54, 1.807) is 0 Å². The van der Waals surface area contributed by atoms with E-state index in [4.69, 9.17) is 4.74 Å². The van der Waals surface area contributed by atoms with Crippen molar-refractivity contribution in [3.63, 3.8) is 0 Å². The van der Waals surface area contributed by atoms with Gasteiger partial charge in [-0.2, -0.15) is 0 Å². The molecule has 1 rings (SSSR count). The van der Waals surface area contributed by atoms with Gasteiger partial charge in [0.1, 0.15) is 0 Å². The molecule has 0 saturated carbocycles. The number of hydrogen-bond donors (Lipinski definition) is 1. The maximum absolute atomic E-state index is 5.23. The Labute approximate surface area is 62.4 Å². The van der Waals surface area contributed by atoms with Crippen LogP contribution in [0.2, 0.25) is 0 Å². The van der Waals surface area contributed by atoms with Crippen LogP contribution in [0.4, 0.5) is 0 Å². The van der Waals surface area contributed by atoms with Crippen LogP contribution in [0.1, 0.15) is 12.8 Å². The fraction of sp³-hybridized carbons (Fsp3) is 1.00. The zero-order chi connectivity index (χ0) is 5.66. The summed E-state index contributed by atoms with van der Waals surface area (Å²) in [7, 11) is 0. The summed E-state index contributed by atoms with van der Waals surface area (Å²) in [4.78, 5) is 0. The Hall–Kier alpha value is 0.210. The van der Waals surface area contributed by atoms with Gasteiger partial charge in [0.05, 0.1) is 0 Å². The highest BCUT2D eigenvalue weighted by Gasteiger charge is 1.93. The van der Waals surface area contributed by atoms with Crippen LogP contribution in [-0.4, -0.2) is 26.3 Å². The number of halogens is 1. The van der Waals surface area contributed by atoms with Crippen molar-refractivity contribution < 1.29 is 4.74 Å². The van der Waals surface area contributed by atoms with E-state index in [0.29, 0.717) is 0 Å². The zero-order valence-electron chi connectivity index (χ0n) is 5.56. The van der Waals surface area contributed by atoms with Gasteiger partial charge in [-0.1, -0.05) is 0 Å². The third kappa shape index (κ3) is 4.70. The Morgan fingerprint density at radius 2 is 1.56 bits per heavy atom. The van der Waals surface area contributed by atoms with Crippen LogP contribution in [0.25, 0.3) is 0 Å². The van der Waals surface area contributed by atoms with E-state index in [2.05, 4.69) is 5.32 Å². The zero-order valence-corrected chi connectivity index (χ0v) is 6.38. The summed E-state index contributed by atoms with van der Waals surface area (Å²) in [6.07, 6.45) is 2.33. The molecule has 1 aliphatic heterocycles. The first-order valence-electron chi connectivity index (χ1n) is 3.28. The van der Waals surface area contributed by atoms with Crippen molar-refractivity contribution >= 4 is 12.4 Å². The lowest BCUT2D eigenvalue weighted by atomic mass is 10.4. The summed E-state index contributed by atoms with van der Waals surface area (Å²) < 4.78 is 5.23. The van der Waals surface area contributed by atoms with Crippen LogP contribution in [0.3, 0.4) is 0 Å². The Balaban J connectivity index is 0.000000640. The Morgan fingerprint density at radius 1 is 1.00 bits per heavy atom. The Bertz CT molecular complexity index is 37.0. The number of rotatable bonds is 0. The molecule has 0 spiro atoms. The van der Waals surface area contributed by atoms with Gasteiger partial charge in [-0.25, -0.2) is 0 Å². The predicted molar refractivity (Wildman–Crippen MR) is 40.2 cm³/mol. The quantitative estimate of drug-likeness (QED) is 0.553. The molecule has 1 aliphatic rings. The molecular weight excluding hydrogens is 138 g/mol. The van der Waals surface area contributed by atoms with Crippen molar-refractivity contribution in [3.8, 4) is 0 Å². The highest BCUT2D eigenvalue weighted by molar-refractivity contribution is 5.85. The lowest BCUT2D eigenvalue weighted by Crippen LogP contribution is -2.22. The van der Waals surface area contributed by atoms with Gasteiger partial charge in [-0.05, 0) is 25.9 Å². The van der Waals surface area contributed by atoms with Gasteiger partial charge in [-0.15, -0.1) is 12.4 Å². The molecule has 1 saturated heterocycles. The molecule has 3 heteroatoms. The van der Waals surface area contributed by atoms with Crippen molar-refractivity contribution in [1.82, 2.24) is 5.32 Å². The van der Waals surface area contributed by atoms with Gasteiger partial charge >= 0.3 is 0 Å². The van der Waals surface area contributed by atoms with Crippen molar-refractivity contribution in [2.24, 2.45) is 0 Å². The summed E-state index contributed by atoms with van der Waals surface area (Å²) in [6.45, 7) is 4.12. The molecule has 2 nitrogen and oxygen atoms in total. The first-order chi connectivity index (χ1) is 4.00. The van der Waals surface area contributed by atoms with E-state index in [-0.39, 0.29) is 12.4 Å². The number of ether oxygens (including phenoxy) is 1. The average Bonchev–Trinajstić information content (AvgIpc) is 1.62. The molecule has 1 fully saturated rings. The molecule has 0 bridgehead atoms. The molecule has 0 aliphatic carbocycles. The molecule has 0 unspecified atom stereocenters. The SMILES string of the molecule is C1CNCCCOC1.Cl. The van der Waals surface area contributed by atoms with E-state index in [1.165, 1.54) is 12.8 Å². The molecule has 9 heavy (non-hydrogen) atoms. The van der Waals surface area contributed by atoms with Gasteiger partial charge in [-0.3, -0.25) is 0 Å². The lowest BCUT2D eigenvalue weighted by Gasteiger charge is -2.09. The van der Waals surface area contributed by atoms with Crippen molar-refractivity contribution in [2.45, 2.75) is 12.8 Å². The molecule has 0 aromatic heterocycles. The van der Waals surface area contributed by atoms with Crippen LogP contribution < -0.4 is 5.32 Å². The van der Waals surface area contributed by atoms with E-state index < -0.39 is 0 Å². The van der Waals surface area contributed by atoms with Crippen LogP contribution in [0, 0.1) is 0 Å². The van der Waals surface area contributed by atoms with E-state index in [1.807, 2.05) is 0 Å². The average molecular weight is 152 g/mol. The maximum Gasteiger partial charge on any atom is 0.0478 e. The molecule has 0 amide bonds. The minimum atomic E-state index is 0. The molecule has 0 aromatic carbocycles. The van der Waals surface area contributed by atoms with Crippen molar-refractivity contribution in [3.05, 3.63) is 0 Å². The summed E-state index contributed by atoms with van der Waals surface area (Å²) >= 11 is 0. The van der Waals surface area contributed by atoms with Gasteiger partial charge in [0, 0.05) is 13.2 Å². The standard InChI is InChI=1S/C6H13NO.ClH/c1-3-7-4-2-6-8-5-1;/h7H,1-6H2;1H. The third-order valence-corrected chi connectivity index (χ3v) is 1.28. The first-order valence-corrected chi connectivity index (χ1v) is 3.28. The van der Waals surface area contributed by atoms with Crippen LogP contribution >= 0.6 is 12.4 Å². The molecule has 56 valence electrons. The fourth-order valence-electron chi connectivity index (χ4n) is 0.826. The predicted octanol–water partition coefficient (Wildman–Crippen LogP) is 0.808. The monoisotopic (exact) mass is 151 g/mol. The first kappa shape index (κ1) is 9.21. The van der Waals surface area contributed by atoms with Crippen LogP contribution in [0.5, 0.6) is 0 Å². The second-order valence-corrected chi connectivity index (χ2v) is 2.07. The minimum absolute atomic E-state index is 0. The topological polar surface area (TPSA) is 21.3 Å². The second-order valence-electron chi connectivity index (χ2n) is 2.07. The third-order valence-electron chi connectivity index (χ3n) is 1.28. The summed E-state index contributed by atoms with van der Waals surface area (Å²) in [5.41, 5.74) is 0. The second kappa shape index (κ2) is 6.33. The normalized spacial score (nSPS) is 21.3. The van der Waals surface area contributed by atoms with E-state index in [0.717, 1.165) is 26.3 Å². The molecule has 1 N–H and O–H groups in total. The largest absolute Gasteiger partial charge is 0.381 e. The van der Waals surface area contributed by atoms with Gasteiger partial charge in [0.2, 0.25) is 0 Å². The van der Waals surface area contributed by atoms with E-state index in [9.17, 15) is 0 Å². The van der Waals surface area contributed by atoms with Gasteiger partial charge < -0.3 is 10.1 Å². The van der Waals surface area contributed by atoms with Gasteiger partial charge in [0.15, 0.2) is 0 Å². The highest BCUT2D eigenvalue weighted by atomic mass is 35.5. The maximum atomic E-state index is 5.23. The summed E-state index contributed by atoms with van der Waals surface area (Å²) in [5, 5.41) is 3.31. The minimum Gasteiger partial charge on any atom is -0.381 e. The van der Waals surface area contributed by atoms with E-state index >= 15 is 0 Å². The molecule has 0 aromatic rings. The Morgan fingerprint density at radius 3 is 2.11 bits per heavy atom. The molecule has 0 radical (unpaired) electrons. The molecule has 1 heterocycles. The molecular formula is C6H14ClNO. The van der Waals surface area contributed by atoms with Crippen LogP contribution in [-0.2, 0) is 4.74 Å². The lowest BCUT2D eigenvalue weighted by molar-refractivity contribution is 0.120. The number of nitrogens with one attached hydrogen (secondary N) is 1.